The number of nitrogens with one attached hydrogen (secondary N) is 1. The second-order valence-corrected chi connectivity index (χ2v) is 3.80. The molecule has 2 aromatic rings. The van der Waals surface area contributed by atoms with Crippen molar-refractivity contribution in [2.24, 2.45) is 5.84 Å². The lowest BCUT2D eigenvalue weighted by atomic mass is 10.2. The Bertz CT molecular complexity index is 465. The normalized spacial score (nSPS) is 10.0. The van der Waals surface area contributed by atoms with Gasteiger partial charge in [-0.3, -0.25) is 0 Å². The minimum atomic E-state index is 0.501. The predicted molar refractivity (Wildman–Crippen MR) is 67.6 cm³/mol. The van der Waals surface area contributed by atoms with Gasteiger partial charge in [-0.05, 0) is 25.1 Å². The first-order chi connectivity index (χ1) is 8.28. The third-order valence-electron chi connectivity index (χ3n) is 2.40. The summed E-state index contributed by atoms with van der Waals surface area (Å²) in [5.74, 6) is 6.74. The van der Waals surface area contributed by atoms with Crippen molar-refractivity contribution < 1.29 is 4.74 Å². The Morgan fingerprint density at radius 2 is 1.94 bits per heavy atom. The molecule has 4 heteroatoms. The quantitative estimate of drug-likeness (QED) is 0.623. The van der Waals surface area contributed by atoms with Gasteiger partial charge in [0.2, 0.25) is 0 Å². The number of rotatable bonds is 4. The molecule has 0 saturated heterocycles. The lowest BCUT2D eigenvalue weighted by Crippen LogP contribution is -2.08. The highest BCUT2D eigenvalue weighted by Crippen LogP contribution is 2.13. The maximum Gasteiger partial charge on any atom is 0.139 e. The summed E-state index contributed by atoms with van der Waals surface area (Å²) in [6.45, 7) is 2.55. The molecule has 0 aliphatic carbocycles. The van der Waals surface area contributed by atoms with Gasteiger partial charge in [0, 0.05) is 11.8 Å². The Balaban J connectivity index is 1.95. The zero-order valence-electron chi connectivity index (χ0n) is 9.68. The molecule has 3 N–H and O–H groups in total. The summed E-state index contributed by atoms with van der Waals surface area (Å²) in [6, 6.07) is 11.7. The summed E-state index contributed by atoms with van der Waals surface area (Å²) in [5.41, 5.74) is 4.71. The Morgan fingerprint density at radius 3 is 2.53 bits per heavy atom. The number of hydrogen-bond donors (Lipinski definition) is 2. The minimum absolute atomic E-state index is 0.501. The van der Waals surface area contributed by atoms with Gasteiger partial charge in [0.25, 0.3) is 0 Å². The van der Waals surface area contributed by atoms with Gasteiger partial charge in [-0.25, -0.2) is 10.8 Å². The van der Waals surface area contributed by atoms with Crippen molar-refractivity contribution in [1.82, 2.24) is 4.98 Å². The van der Waals surface area contributed by atoms with E-state index in [0.29, 0.717) is 12.4 Å². The van der Waals surface area contributed by atoms with E-state index in [1.54, 1.807) is 6.20 Å². The lowest BCUT2D eigenvalue weighted by Gasteiger charge is -2.06. The fraction of sp³-hybridized carbons (Fsp3) is 0.154. The highest BCUT2D eigenvalue weighted by atomic mass is 16.5. The van der Waals surface area contributed by atoms with Crippen molar-refractivity contribution in [2.75, 3.05) is 5.43 Å². The van der Waals surface area contributed by atoms with Crippen LogP contribution in [0.2, 0.25) is 0 Å². The Kier molecular flexibility index (Phi) is 3.57. The third-order valence-corrected chi connectivity index (χ3v) is 2.40. The number of hydrazine groups is 1. The highest BCUT2D eigenvalue weighted by molar-refractivity contribution is 5.33. The van der Waals surface area contributed by atoms with Gasteiger partial charge in [-0.1, -0.05) is 23.8 Å². The summed E-state index contributed by atoms with van der Waals surface area (Å²) < 4.78 is 5.63. The summed E-state index contributed by atoms with van der Waals surface area (Å²) in [5, 5.41) is 0. The largest absolute Gasteiger partial charge is 0.489 e. The SMILES string of the molecule is Cc1ccc(OCc2ccc(NN)nc2)cc1. The number of nitrogens with zero attached hydrogens (tertiary/aromatic N) is 1. The lowest BCUT2D eigenvalue weighted by molar-refractivity contribution is 0.306. The van der Waals surface area contributed by atoms with Gasteiger partial charge in [-0.15, -0.1) is 0 Å². The van der Waals surface area contributed by atoms with Crippen molar-refractivity contribution in [3.8, 4) is 5.75 Å². The Labute approximate surface area is 100 Å². The molecule has 0 aliphatic heterocycles. The highest BCUT2D eigenvalue weighted by Gasteiger charge is 1.97. The summed E-state index contributed by atoms with van der Waals surface area (Å²) in [6.07, 6.45) is 1.74. The molecule has 0 bridgehead atoms. The van der Waals surface area contributed by atoms with Crippen LogP contribution in [0.15, 0.2) is 42.6 Å². The molecule has 1 aromatic heterocycles. The maximum atomic E-state index is 5.63. The number of anilines is 1. The number of aromatic nitrogens is 1. The van der Waals surface area contributed by atoms with Crippen LogP contribution in [0.25, 0.3) is 0 Å². The van der Waals surface area contributed by atoms with Crippen LogP contribution in [0.4, 0.5) is 5.82 Å². The number of ether oxygens (including phenoxy) is 1. The average Bonchev–Trinajstić information content (AvgIpc) is 2.39. The van der Waals surface area contributed by atoms with E-state index in [9.17, 15) is 0 Å². The van der Waals surface area contributed by atoms with Crippen LogP contribution in [0.5, 0.6) is 5.75 Å². The third kappa shape index (κ3) is 3.19. The topological polar surface area (TPSA) is 60.2 Å². The van der Waals surface area contributed by atoms with Crippen molar-refractivity contribution in [2.45, 2.75) is 13.5 Å². The molecule has 0 amide bonds. The zero-order chi connectivity index (χ0) is 12.1. The Morgan fingerprint density at radius 1 is 1.18 bits per heavy atom. The zero-order valence-corrected chi connectivity index (χ0v) is 9.68. The van der Waals surface area contributed by atoms with E-state index in [-0.39, 0.29) is 0 Å². The van der Waals surface area contributed by atoms with Crippen molar-refractivity contribution in [3.63, 3.8) is 0 Å². The van der Waals surface area contributed by atoms with E-state index in [2.05, 4.69) is 10.4 Å². The van der Waals surface area contributed by atoms with Gasteiger partial charge in [0.1, 0.15) is 18.2 Å². The molecule has 0 spiro atoms. The van der Waals surface area contributed by atoms with E-state index in [1.165, 1.54) is 5.56 Å². The van der Waals surface area contributed by atoms with Gasteiger partial charge < -0.3 is 10.2 Å². The summed E-state index contributed by atoms with van der Waals surface area (Å²) in [4.78, 5) is 4.11. The van der Waals surface area contributed by atoms with E-state index in [4.69, 9.17) is 10.6 Å². The molecule has 0 unspecified atom stereocenters. The number of benzene rings is 1. The van der Waals surface area contributed by atoms with Crippen molar-refractivity contribution >= 4 is 5.82 Å². The number of aryl methyl sites for hydroxylation is 1. The number of hydrogen-bond acceptors (Lipinski definition) is 4. The van der Waals surface area contributed by atoms with E-state index >= 15 is 0 Å². The molecule has 2 rings (SSSR count). The van der Waals surface area contributed by atoms with Crippen LogP contribution in [0, 0.1) is 6.92 Å². The molecule has 1 aromatic carbocycles. The first kappa shape index (κ1) is 11.4. The van der Waals surface area contributed by atoms with E-state index in [1.807, 2.05) is 43.3 Å². The Hall–Kier alpha value is -2.07. The molecule has 1 heterocycles. The van der Waals surface area contributed by atoms with Crippen LogP contribution in [0.3, 0.4) is 0 Å². The molecule has 0 fully saturated rings. The predicted octanol–water partition coefficient (Wildman–Crippen LogP) is 2.25. The smallest absolute Gasteiger partial charge is 0.139 e. The molecule has 88 valence electrons. The van der Waals surface area contributed by atoms with Gasteiger partial charge in [0.05, 0.1) is 0 Å². The monoisotopic (exact) mass is 229 g/mol. The van der Waals surface area contributed by atoms with Gasteiger partial charge in [0.15, 0.2) is 0 Å². The molecular weight excluding hydrogens is 214 g/mol. The van der Waals surface area contributed by atoms with Gasteiger partial charge >= 0.3 is 0 Å². The molecular formula is C13H15N3O. The molecule has 0 atom stereocenters. The standard InChI is InChI=1S/C13H15N3O/c1-10-2-5-12(6-3-10)17-9-11-4-7-13(16-14)15-8-11/h2-8H,9,14H2,1H3,(H,15,16). The molecule has 0 aliphatic rings. The van der Waals surface area contributed by atoms with Crippen LogP contribution in [0.1, 0.15) is 11.1 Å². The maximum absolute atomic E-state index is 5.63. The molecule has 17 heavy (non-hydrogen) atoms. The number of nitrogens with two attached hydrogens (primary N) is 1. The van der Waals surface area contributed by atoms with Crippen molar-refractivity contribution in [3.05, 3.63) is 53.7 Å². The average molecular weight is 229 g/mol. The fourth-order valence-electron chi connectivity index (χ4n) is 1.40. The second kappa shape index (κ2) is 5.32. The summed E-state index contributed by atoms with van der Waals surface area (Å²) in [7, 11) is 0. The number of pyridine rings is 1. The van der Waals surface area contributed by atoms with Crippen LogP contribution >= 0.6 is 0 Å². The molecule has 4 nitrogen and oxygen atoms in total. The second-order valence-electron chi connectivity index (χ2n) is 3.80. The van der Waals surface area contributed by atoms with E-state index in [0.717, 1.165) is 11.3 Å². The van der Waals surface area contributed by atoms with Crippen LogP contribution < -0.4 is 16.0 Å². The van der Waals surface area contributed by atoms with Crippen LogP contribution in [-0.2, 0) is 6.61 Å². The first-order valence-corrected chi connectivity index (χ1v) is 5.39. The molecule has 0 radical (unpaired) electrons. The first-order valence-electron chi connectivity index (χ1n) is 5.39. The van der Waals surface area contributed by atoms with Crippen LogP contribution in [-0.4, -0.2) is 4.98 Å². The minimum Gasteiger partial charge on any atom is -0.489 e. The van der Waals surface area contributed by atoms with E-state index < -0.39 is 0 Å². The molecule has 0 saturated carbocycles. The van der Waals surface area contributed by atoms with Crippen molar-refractivity contribution in [1.29, 1.82) is 0 Å². The number of nitrogen functional groups attached to an aromatic ring is 1. The van der Waals surface area contributed by atoms with Gasteiger partial charge in [-0.2, -0.15) is 0 Å². The summed E-state index contributed by atoms with van der Waals surface area (Å²) >= 11 is 0. The fourth-order valence-corrected chi connectivity index (χ4v) is 1.40.